The van der Waals surface area contributed by atoms with Gasteiger partial charge < -0.3 is 4.42 Å². The maximum absolute atomic E-state index is 12.6. The molecule has 3 aromatic rings. The van der Waals surface area contributed by atoms with E-state index in [4.69, 9.17) is 4.42 Å². The van der Waals surface area contributed by atoms with Gasteiger partial charge in [-0.05, 0) is 48.5 Å². The van der Waals surface area contributed by atoms with E-state index < -0.39 is 43.9 Å². The number of anilines is 1. The molecule has 1 heterocycles. The fourth-order valence-corrected chi connectivity index (χ4v) is 3.04. The molecule has 0 radical (unpaired) electrons. The van der Waals surface area contributed by atoms with E-state index in [1.54, 1.807) is 0 Å². The minimum absolute atomic E-state index is 0.141. The van der Waals surface area contributed by atoms with E-state index in [2.05, 4.69) is 15.5 Å². The number of nitrogens with one attached hydrogen (secondary N) is 1. The standard InChI is InChI=1S/C17H9F6N3O4S/c18-16(19,20)11-5-1-10(2-6-11)14-25-26-15(30-14)24-13(27)9-3-7-12(8-4-9)31(28,29)17(21,22)23/h1-8H,(H,24,26,27). The van der Waals surface area contributed by atoms with Gasteiger partial charge in [0.1, 0.15) is 0 Å². The highest BCUT2D eigenvalue weighted by Crippen LogP contribution is 2.31. The third-order valence-electron chi connectivity index (χ3n) is 3.84. The predicted octanol–water partition coefficient (Wildman–Crippen LogP) is 4.30. The quantitative estimate of drug-likeness (QED) is 0.577. The molecule has 0 saturated carbocycles. The number of sulfone groups is 1. The number of alkyl halides is 6. The van der Waals surface area contributed by atoms with E-state index in [1.165, 1.54) is 0 Å². The largest absolute Gasteiger partial charge is 0.501 e. The first-order chi connectivity index (χ1) is 14.3. The molecule has 1 N–H and O–H groups in total. The predicted molar refractivity (Wildman–Crippen MR) is 92.4 cm³/mol. The van der Waals surface area contributed by atoms with Crippen molar-refractivity contribution in [3.8, 4) is 11.5 Å². The molecule has 0 fully saturated rings. The Labute approximate surface area is 169 Å². The molecule has 3 rings (SSSR count). The molecule has 0 aliphatic heterocycles. The Kier molecular flexibility index (Phi) is 5.52. The first-order valence-electron chi connectivity index (χ1n) is 8.03. The van der Waals surface area contributed by atoms with Gasteiger partial charge in [-0.25, -0.2) is 8.42 Å². The highest BCUT2D eigenvalue weighted by molar-refractivity contribution is 7.92. The summed E-state index contributed by atoms with van der Waals surface area (Å²) in [6.45, 7) is 0. The lowest BCUT2D eigenvalue weighted by Gasteiger charge is -2.08. The van der Waals surface area contributed by atoms with Gasteiger partial charge in [0.05, 0.1) is 10.5 Å². The molecule has 164 valence electrons. The smallest absolute Gasteiger partial charge is 0.403 e. The molecule has 1 amide bonds. The van der Waals surface area contributed by atoms with Crippen molar-refractivity contribution in [1.29, 1.82) is 0 Å². The van der Waals surface area contributed by atoms with Crippen LogP contribution in [0.5, 0.6) is 0 Å². The van der Waals surface area contributed by atoms with Crippen LogP contribution in [0, 0.1) is 0 Å². The Bertz CT molecular complexity index is 1200. The number of carbonyl (C=O) groups is 1. The van der Waals surface area contributed by atoms with Gasteiger partial charge in [0.2, 0.25) is 5.89 Å². The Balaban J connectivity index is 1.73. The Morgan fingerprint density at radius 2 is 1.45 bits per heavy atom. The second kappa shape index (κ2) is 7.68. The van der Waals surface area contributed by atoms with Gasteiger partial charge in [-0.15, -0.1) is 5.10 Å². The van der Waals surface area contributed by atoms with E-state index in [0.29, 0.717) is 12.1 Å². The molecule has 0 bridgehead atoms. The first-order valence-corrected chi connectivity index (χ1v) is 9.51. The number of benzene rings is 2. The minimum Gasteiger partial charge on any atom is -0.403 e. The summed E-state index contributed by atoms with van der Waals surface area (Å²) >= 11 is 0. The van der Waals surface area contributed by atoms with Crippen LogP contribution in [0.3, 0.4) is 0 Å². The SMILES string of the molecule is O=C(Nc1nnc(-c2ccc(C(F)(F)F)cc2)o1)c1ccc(S(=O)(=O)C(F)(F)F)cc1. The van der Waals surface area contributed by atoms with Crippen molar-refractivity contribution >= 4 is 21.8 Å². The van der Waals surface area contributed by atoms with E-state index >= 15 is 0 Å². The molecular formula is C17H9F6N3O4S. The summed E-state index contributed by atoms with van der Waals surface area (Å²) in [4.78, 5) is 11.1. The highest BCUT2D eigenvalue weighted by Gasteiger charge is 2.46. The van der Waals surface area contributed by atoms with Crippen molar-refractivity contribution in [3.05, 3.63) is 59.7 Å². The highest BCUT2D eigenvalue weighted by atomic mass is 32.2. The molecular weight excluding hydrogens is 456 g/mol. The topological polar surface area (TPSA) is 102 Å². The Hall–Kier alpha value is -3.42. The van der Waals surface area contributed by atoms with Crippen LogP contribution in [0.15, 0.2) is 57.8 Å². The number of hydrogen-bond acceptors (Lipinski definition) is 6. The third kappa shape index (κ3) is 4.68. The monoisotopic (exact) mass is 465 g/mol. The zero-order valence-corrected chi connectivity index (χ0v) is 15.6. The second-order valence-corrected chi connectivity index (χ2v) is 7.86. The van der Waals surface area contributed by atoms with E-state index in [-0.39, 0.29) is 17.0 Å². The lowest BCUT2D eigenvalue weighted by Crippen LogP contribution is -2.23. The van der Waals surface area contributed by atoms with Gasteiger partial charge in [-0.1, -0.05) is 5.10 Å². The molecule has 14 heteroatoms. The van der Waals surface area contributed by atoms with Gasteiger partial charge in [-0.2, -0.15) is 26.3 Å². The van der Waals surface area contributed by atoms with Crippen molar-refractivity contribution in [1.82, 2.24) is 10.2 Å². The fraction of sp³-hybridized carbons (Fsp3) is 0.118. The number of carbonyl (C=O) groups excluding carboxylic acids is 1. The van der Waals surface area contributed by atoms with Crippen molar-refractivity contribution in [2.75, 3.05) is 5.32 Å². The fourth-order valence-electron chi connectivity index (χ4n) is 2.28. The summed E-state index contributed by atoms with van der Waals surface area (Å²) in [5, 5.41) is 9.23. The van der Waals surface area contributed by atoms with Crippen molar-refractivity contribution < 1.29 is 44.0 Å². The van der Waals surface area contributed by atoms with Gasteiger partial charge in [0, 0.05) is 11.1 Å². The van der Waals surface area contributed by atoms with Crippen molar-refractivity contribution in [2.24, 2.45) is 0 Å². The van der Waals surface area contributed by atoms with Crippen LogP contribution in [-0.2, 0) is 16.0 Å². The Morgan fingerprint density at radius 3 is 1.97 bits per heavy atom. The number of hydrogen-bond donors (Lipinski definition) is 1. The van der Waals surface area contributed by atoms with Crippen molar-refractivity contribution in [2.45, 2.75) is 16.6 Å². The van der Waals surface area contributed by atoms with Gasteiger partial charge in [0.25, 0.3) is 15.7 Å². The average molecular weight is 465 g/mol. The summed E-state index contributed by atoms with van der Waals surface area (Å²) in [5.41, 5.74) is -6.45. The van der Waals surface area contributed by atoms with Crippen LogP contribution in [0.2, 0.25) is 0 Å². The summed E-state index contributed by atoms with van der Waals surface area (Å²) < 4.78 is 103. The zero-order valence-electron chi connectivity index (χ0n) is 14.8. The average Bonchev–Trinajstić information content (AvgIpc) is 3.15. The first kappa shape index (κ1) is 22.3. The molecule has 0 unspecified atom stereocenters. The van der Waals surface area contributed by atoms with Crippen LogP contribution in [0.1, 0.15) is 15.9 Å². The zero-order chi connectivity index (χ0) is 23.0. The van der Waals surface area contributed by atoms with Crippen LogP contribution in [0.4, 0.5) is 32.4 Å². The van der Waals surface area contributed by atoms with Crippen LogP contribution < -0.4 is 5.32 Å². The van der Waals surface area contributed by atoms with E-state index in [9.17, 15) is 39.6 Å². The molecule has 0 aliphatic rings. The summed E-state index contributed by atoms with van der Waals surface area (Å²) in [6.07, 6.45) is -4.53. The van der Waals surface area contributed by atoms with Gasteiger partial charge >= 0.3 is 17.7 Å². The molecule has 31 heavy (non-hydrogen) atoms. The third-order valence-corrected chi connectivity index (χ3v) is 5.34. The maximum Gasteiger partial charge on any atom is 0.501 e. The number of nitrogens with zero attached hydrogens (tertiary/aromatic N) is 2. The summed E-state index contributed by atoms with van der Waals surface area (Å²) in [7, 11) is -5.56. The van der Waals surface area contributed by atoms with Crippen LogP contribution >= 0.6 is 0 Å². The number of rotatable bonds is 4. The van der Waals surface area contributed by atoms with E-state index in [0.717, 1.165) is 36.4 Å². The number of aromatic nitrogens is 2. The van der Waals surface area contributed by atoms with Gasteiger partial charge in [-0.3, -0.25) is 10.1 Å². The molecule has 0 atom stereocenters. The molecule has 2 aromatic carbocycles. The van der Waals surface area contributed by atoms with Crippen LogP contribution in [0.25, 0.3) is 11.5 Å². The normalized spacial score (nSPS) is 12.6. The number of halogens is 6. The number of amides is 1. The van der Waals surface area contributed by atoms with Crippen LogP contribution in [-0.4, -0.2) is 30.0 Å². The maximum atomic E-state index is 12.6. The van der Waals surface area contributed by atoms with E-state index in [1.807, 2.05) is 0 Å². The molecule has 0 spiro atoms. The Morgan fingerprint density at radius 1 is 0.871 bits per heavy atom. The summed E-state index contributed by atoms with van der Waals surface area (Å²) in [6, 6.07) is 6.25. The summed E-state index contributed by atoms with van der Waals surface area (Å²) in [5.74, 6) is -1.10. The van der Waals surface area contributed by atoms with Crippen molar-refractivity contribution in [3.63, 3.8) is 0 Å². The molecule has 7 nitrogen and oxygen atoms in total. The lowest BCUT2D eigenvalue weighted by molar-refractivity contribution is -0.137. The molecule has 0 aliphatic carbocycles. The second-order valence-electron chi connectivity index (χ2n) is 5.92. The van der Waals surface area contributed by atoms with Gasteiger partial charge in [0.15, 0.2) is 0 Å². The minimum atomic E-state index is -5.56. The molecule has 1 aromatic heterocycles. The molecule has 0 saturated heterocycles. The lowest BCUT2D eigenvalue weighted by atomic mass is 10.1.